The lowest BCUT2D eigenvalue weighted by Crippen LogP contribution is -2.14. The van der Waals surface area contributed by atoms with Crippen LogP contribution in [-0.4, -0.2) is 26.1 Å². The summed E-state index contributed by atoms with van der Waals surface area (Å²) >= 11 is 0. The minimum atomic E-state index is -0.625. The smallest absolute Gasteiger partial charge is 0.338 e. The first-order valence-corrected chi connectivity index (χ1v) is 6.80. The molecule has 2 aromatic rings. The van der Waals surface area contributed by atoms with Crippen LogP contribution in [0.1, 0.15) is 26.3 Å². The normalized spacial score (nSPS) is 10.1. The van der Waals surface area contributed by atoms with Gasteiger partial charge in [0.2, 0.25) is 0 Å². The Morgan fingerprint density at radius 1 is 1.13 bits per heavy atom. The van der Waals surface area contributed by atoms with E-state index >= 15 is 0 Å². The molecule has 0 radical (unpaired) electrons. The predicted molar refractivity (Wildman–Crippen MR) is 83.4 cm³/mol. The zero-order valence-corrected chi connectivity index (χ0v) is 13.0. The topological polar surface area (TPSA) is 64.6 Å². The quantitative estimate of drug-likeness (QED) is 0.880. The van der Waals surface area contributed by atoms with Gasteiger partial charge in [0.05, 0.1) is 19.8 Å². The molecule has 0 fully saturated rings. The second-order valence-corrected chi connectivity index (χ2v) is 4.77. The van der Waals surface area contributed by atoms with E-state index in [1.54, 1.807) is 25.1 Å². The van der Waals surface area contributed by atoms with Gasteiger partial charge in [-0.25, -0.2) is 9.18 Å². The maximum atomic E-state index is 13.7. The lowest BCUT2D eigenvalue weighted by molar-refractivity contribution is 0.0599. The fraction of sp³-hybridized carbons (Fsp3) is 0.176. The number of carbonyl (C=O) groups is 2. The van der Waals surface area contributed by atoms with Crippen molar-refractivity contribution < 1.29 is 23.5 Å². The molecule has 0 spiro atoms. The predicted octanol–water partition coefficient (Wildman–Crippen LogP) is 3.18. The molecule has 0 aromatic heterocycles. The molecule has 2 aromatic carbocycles. The van der Waals surface area contributed by atoms with Gasteiger partial charge in [0, 0.05) is 11.3 Å². The number of halogens is 1. The van der Waals surface area contributed by atoms with Crippen LogP contribution < -0.4 is 10.1 Å². The molecule has 23 heavy (non-hydrogen) atoms. The lowest BCUT2D eigenvalue weighted by Gasteiger charge is -2.12. The number of rotatable bonds is 4. The number of carbonyl (C=O) groups excluding carboxylic acids is 2. The van der Waals surface area contributed by atoms with E-state index in [9.17, 15) is 14.0 Å². The summed E-state index contributed by atoms with van der Waals surface area (Å²) in [4.78, 5) is 23.9. The van der Waals surface area contributed by atoms with Crippen molar-refractivity contribution in [3.63, 3.8) is 0 Å². The average Bonchev–Trinajstić information content (AvgIpc) is 2.55. The summed E-state index contributed by atoms with van der Waals surface area (Å²) in [5.74, 6) is -1.55. The fourth-order valence-corrected chi connectivity index (χ4v) is 2.10. The third-order valence-electron chi connectivity index (χ3n) is 3.40. The first-order chi connectivity index (χ1) is 11.0. The molecule has 0 aliphatic carbocycles. The highest BCUT2D eigenvalue weighted by Crippen LogP contribution is 2.22. The van der Waals surface area contributed by atoms with Crippen molar-refractivity contribution in [3.05, 3.63) is 58.9 Å². The monoisotopic (exact) mass is 317 g/mol. The molecular formula is C17H16FNO4. The SMILES string of the molecule is COC(=O)c1cccc(NC(=O)c2ccc(OC)c(F)c2)c1C. The Balaban J connectivity index is 2.27. The van der Waals surface area contributed by atoms with Gasteiger partial charge in [-0.2, -0.15) is 0 Å². The highest BCUT2D eigenvalue weighted by Gasteiger charge is 2.15. The summed E-state index contributed by atoms with van der Waals surface area (Å²) < 4.78 is 23.2. The van der Waals surface area contributed by atoms with E-state index in [2.05, 4.69) is 10.1 Å². The first kappa shape index (κ1) is 16.5. The molecule has 0 aliphatic heterocycles. The molecule has 6 heteroatoms. The second kappa shape index (κ2) is 6.91. The Kier molecular flexibility index (Phi) is 4.95. The number of nitrogens with one attached hydrogen (secondary N) is 1. The van der Waals surface area contributed by atoms with E-state index in [0.717, 1.165) is 6.07 Å². The lowest BCUT2D eigenvalue weighted by atomic mass is 10.1. The van der Waals surface area contributed by atoms with Gasteiger partial charge >= 0.3 is 5.97 Å². The van der Waals surface area contributed by atoms with E-state index < -0.39 is 17.7 Å². The summed E-state index contributed by atoms with van der Waals surface area (Å²) in [6.45, 7) is 1.69. The molecule has 0 unspecified atom stereocenters. The van der Waals surface area contributed by atoms with Gasteiger partial charge in [-0.05, 0) is 42.8 Å². The minimum absolute atomic E-state index is 0.0606. The summed E-state index contributed by atoms with van der Waals surface area (Å²) in [7, 11) is 2.63. The Morgan fingerprint density at radius 3 is 2.48 bits per heavy atom. The van der Waals surface area contributed by atoms with E-state index in [0.29, 0.717) is 16.8 Å². The van der Waals surface area contributed by atoms with Crippen LogP contribution in [0.5, 0.6) is 5.75 Å². The molecule has 0 saturated carbocycles. The highest BCUT2D eigenvalue weighted by molar-refractivity contribution is 6.05. The fourth-order valence-electron chi connectivity index (χ4n) is 2.10. The van der Waals surface area contributed by atoms with Crippen LogP contribution in [0.3, 0.4) is 0 Å². The van der Waals surface area contributed by atoms with Gasteiger partial charge in [-0.15, -0.1) is 0 Å². The molecule has 1 amide bonds. The zero-order chi connectivity index (χ0) is 17.0. The number of hydrogen-bond acceptors (Lipinski definition) is 4. The number of benzene rings is 2. The summed E-state index contributed by atoms with van der Waals surface area (Å²) in [6, 6.07) is 8.80. The second-order valence-electron chi connectivity index (χ2n) is 4.77. The maximum absolute atomic E-state index is 13.7. The van der Waals surface area contributed by atoms with Crippen LogP contribution in [0, 0.1) is 12.7 Å². The van der Waals surface area contributed by atoms with E-state index in [1.807, 2.05) is 0 Å². The third kappa shape index (κ3) is 3.48. The van der Waals surface area contributed by atoms with Gasteiger partial charge in [-0.3, -0.25) is 4.79 Å². The van der Waals surface area contributed by atoms with Gasteiger partial charge in [0.25, 0.3) is 5.91 Å². The maximum Gasteiger partial charge on any atom is 0.338 e. The Bertz CT molecular complexity index is 758. The van der Waals surface area contributed by atoms with Crippen molar-refractivity contribution in [1.82, 2.24) is 0 Å². The third-order valence-corrected chi connectivity index (χ3v) is 3.40. The molecule has 5 nitrogen and oxygen atoms in total. The summed E-state index contributed by atoms with van der Waals surface area (Å²) in [5, 5.41) is 2.66. The average molecular weight is 317 g/mol. The Hall–Kier alpha value is -2.89. The van der Waals surface area contributed by atoms with E-state index in [-0.39, 0.29) is 11.3 Å². The molecule has 0 atom stereocenters. The number of anilines is 1. The Labute approximate surface area is 133 Å². The van der Waals surface area contributed by atoms with Gasteiger partial charge < -0.3 is 14.8 Å². The number of methoxy groups -OCH3 is 2. The van der Waals surface area contributed by atoms with Crippen LogP contribution in [0.2, 0.25) is 0 Å². The van der Waals surface area contributed by atoms with Crippen molar-refractivity contribution in [3.8, 4) is 5.75 Å². The van der Waals surface area contributed by atoms with Gasteiger partial charge in [-0.1, -0.05) is 6.07 Å². The minimum Gasteiger partial charge on any atom is -0.494 e. The zero-order valence-electron chi connectivity index (χ0n) is 13.0. The largest absolute Gasteiger partial charge is 0.494 e. The molecule has 1 N–H and O–H groups in total. The molecule has 0 saturated heterocycles. The molecule has 0 aliphatic rings. The molecule has 2 rings (SSSR count). The molecule has 120 valence electrons. The van der Waals surface area contributed by atoms with Crippen molar-refractivity contribution in [2.45, 2.75) is 6.92 Å². The number of esters is 1. The van der Waals surface area contributed by atoms with Crippen LogP contribution in [0.15, 0.2) is 36.4 Å². The number of ether oxygens (including phenoxy) is 2. The van der Waals surface area contributed by atoms with Crippen molar-refractivity contribution in [1.29, 1.82) is 0 Å². The molecule has 0 bridgehead atoms. The van der Waals surface area contributed by atoms with Crippen molar-refractivity contribution in [2.75, 3.05) is 19.5 Å². The van der Waals surface area contributed by atoms with Crippen LogP contribution in [0.4, 0.5) is 10.1 Å². The van der Waals surface area contributed by atoms with Crippen LogP contribution in [0.25, 0.3) is 0 Å². The molecular weight excluding hydrogens is 301 g/mol. The Morgan fingerprint density at radius 2 is 1.87 bits per heavy atom. The molecule has 0 heterocycles. The van der Waals surface area contributed by atoms with E-state index in [1.165, 1.54) is 26.4 Å². The number of hydrogen-bond donors (Lipinski definition) is 1. The van der Waals surface area contributed by atoms with E-state index in [4.69, 9.17) is 4.74 Å². The van der Waals surface area contributed by atoms with Crippen molar-refractivity contribution in [2.24, 2.45) is 0 Å². The standard InChI is InChI=1S/C17H16FNO4/c1-10-12(17(21)23-3)5-4-6-14(10)19-16(20)11-7-8-15(22-2)13(18)9-11/h4-9H,1-3H3,(H,19,20). The van der Waals surface area contributed by atoms with Crippen LogP contribution in [-0.2, 0) is 4.74 Å². The summed E-state index contributed by atoms with van der Waals surface area (Å²) in [5.41, 5.74) is 1.52. The highest BCUT2D eigenvalue weighted by atomic mass is 19.1. The van der Waals surface area contributed by atoms with Gasteiger partial charge in [0.1, 0.15) is 0 Å². The van der Waals surface area contributed by atoms with Gasteiger partial charge in [0.15, 0.2) is 11.6 Å². The number of amides is 1. The van der Waals surface area contributed by atoms with Crippen LogP contribution >= 0.6 is 0 Å². The van der Waals surface area contributed by atoms with Crippen molar-refractivity contribution >= 4 is 17.6 Å². The summed E-state index contributed by atoms with van der Waals surface area (Å²) in [6.07, 6.45) is 0. The first-order valence-electron chi connectivity index (χ1n) is 6.80.